The Morgan fingerprint density at radius 2 is 1.72 bits per heavy atom. The normalized spacial score (nSPS) is 11.6. The van der Waals surface area contributed by atoms with Crippen LogP contribution in [0.15, 0.2) is 65.6 Å². The molecule has 0 aliphatic carbocycles. The maximum absolute atomic E-state index is 12.1. The van der Waals surface area contributed by atoms with Crippen LogP contribution in [-0.2, 0) is 14.8 Å². The van der Waals surface area contributed by atoms with Crippen LogP contribution < -0.4 is 10.0 Å². The Kier molecular flexibility index (Phi) is 6.91. The number of anilines is 1. The predicted octanol–water partition coefficient (Wildman–Crippen LogP) is 3.42. The van der Waals surface area contributed by atoms with Gasteiger partial charge in [0, 0.05) is 18.3 Å². The van der Waals surface area contributed by atoms with Gasteiger partial charge in [0.15, 0.2) is 0 Å². The van der Waals surface area contributed by atoms with Crippen LogP contribution in [0.25, 0.3) is 6.08 Å². The van der Waals surface area contributed by atoms with E-state index in [2.05, 4.69) is 10.0 Å². The number of sulfonamides is 1. The molecule has 0 spiro atoms. The van der Waals surface area contributed by atoms with Crippen LogP contribution in [0.2, 0.25) is 0 Å². The van der Waals surface area contributed by atoms with Gasteiger partial charge >= 0.3 is 0 Å². The molecule has 0 bridgehead atoms. The van der Waals surface area contributed by atoms with E-state index in [0.717, 1.165) is 18.4 Å². The van der Waals surface area contributed by atoms with Gasteiger partial charge in [-0.2, -0.15) is 0 Å². The topological polar surface area (TPSA) is 75.3 Å². The van der Waals surface area contributed by atoms with E-state index in [1.165, 1.54) is 18.2 Å². The predicted molar refractivity (Wildman–Crippen MR) is 101 cm³/mol. The van der Waals surface area contributed by atoms with E-state index in [4.69, 9.17) is 0 Å². The van der Waals surface area contributed by atoms with Crippen LogP contribution in [0.1, 0.15) is 25.3 Å². The number of nitrogens with one attached hydrogen (secondary N) is 2. The molecule has 0 unspecified atom stereocenters. The monoisotopic (exact) mass is 358 g/mol. The van der Waals surface area contributed by atoms with E-state index in [9.17, 15) is 13.2 Å². The molecular weight excluding hydrogens is 336 g/mol. The zero-order chi connectivity index (χ0) is 18.1. The van der Waals surface area contributed by atoms with E-state index in [1.807, 2.05) is 37.3 Å². The fourth-order valence-corrected chi connectivity index (χ4v) is 3.18. The third kappa shape index (κ3) is 6.17. The van der Waals surface area contributed by atoms with Gasteiger partial charge in [-0.25, -0.2) is 13.1 Å². The van der Waals surface area contributed by atoms with Crippen molar-refractivity contribution in [2.45, 2.75) is 24.7 Å². The molecule has 25 heavy (non-hydrogen) atoms. The molecule has 6 heteroatoms. The van der Waals surface area contributed by atoms with Crippen molar-refractivity contribution in [3.63, 3.8) is 0 Å². The molecule has 2 aromatic rings. The fourth-order valence-electron chi connectivity index (χ4n) is 2.10. The highest BCUT2D eigenvalue weighted by Gasteiger charge is 2.12. The van der Waals surface area contributed by atoms with Gasteiger partial charge in [0.25, 0.3) is 0 Å². The lowest BCUT2D eigenvalue weighted by Gasteiger charge is -2.07. The van der Waals surface area contributed by atoms with Crippen LogP contribution in [0.3, 0.4) is 0 Å². The molecule has 0 heterocycles. The Hall–Kier alpha value is -2.44. The van der Waals surface area contributed by atoms with E-state index in [-0.39, 0.29) is 10.8 Å². The van der Waals surface area contributed by atoms with Crippen molar-refractivity contribution in [1.82, 2.24) is 4.72 Å². The van der Waals surface area contributed by atoms with Crippen LogP contribution >= 0.6 is 0 Å². The van der Waals surface area contributed by atoms with E-state index >= 15 is 0 Å². The maximum atomic E-state index is 12.1. The van der Waals surface area contributed by atoms with Crippen LogP contribution in [0.4, 0.5) is 5.69 Å². The van der Waals surface area contributed by atoms with Crippen molar-refractivity contribution in [2.24, 2.45) is 0 Å². The number of hydrogen-bond acceptors (Lipinski definition) is 3. The van der Waals surface area contributed by atoms with E-state index in [0.29, 0.717) is 12.2 Å². The van der Waals surface area contributed by atoms with Gasteiger partial charge in [-0.1, -0.05) is 43.7 Å². The molecule has 5 nitrogen and oxygen atoms in total. The molecule has 132 valence electrons. The van der Waals surface area contributed by atoms with Crippen molar-refractivity contribution in [2.75, 3.05) is 11.9 Å². The van der Waals surface area contributed by atoms with Crippen molar-refractivity contribution in [3.8, 4) is 0 Å². The number of amides is 1. The molecule has 0 saturated carbocycles. The minimum absolute atomic E-state index is 0.182. The maximum Gasteiger partial charge on any atom is 0.248 e. The lowest BCUT2D eigenvalue weighted by Crippen LogP contribution is -2.24. The number of unbranched alkanes of at least 4 members (excludes halogenated alkanes) is 1. The Balaban J connectivity index is 1.95. The second-order valence-electron chi connectivity index (χ2n) is 5.51. The molecule has 0 aromatic heterocycles. The Labute approximate surface area is 148 Å². The smallest absolute Gasteiger partial charge is 0.248 e. The molecule has 0 aliphatic heterocycles. The first-order valence-corrected chi connectivity index (χ1v) is 9.63. The molecule has 0 atom stereocenters. The lowest BCUT2D eigenvalue weighted by atomic mass is 10.2. The summed E-state index contributed by atoms with van der Waals surface area (Å²) in [6.45, 7) is 2.42. The number of carbonyl (C=O) groups excluding carboxylic acids is 1. The molecular formula is C19H22N2O3S. The van der Waals surface area contributed by atoms with E-state index in [1.54, 1.807) is 18.2 Å². The second-order valence-corrected chi connectivity index (χ2v) is 7.28. The summed E-state index contributed by atoms with van der Waals surface area (Å²) in [5.74, 6) is -0.277. The van der Waals surface area contributed by atoms with Crippen LogP contribution in [-0.4, -0.2) is 20.9 Å². The first-order chi connectivity index (χ1) is 12.0. The third-order valence-electron chi connectivity index (χ3n) is 3.48. The van der Waals surface area contributed by atoms with Crippen molar-refractivity contribution in [3.05, 3.63) is 66.2 Å². The molecule has 2 rings (SSSR count). The number of hydrogen-bond donors (Lipinski definition) is 2. The van der Waals surface area contributed by atoms with E-state index < -0.39 is 10.0 Å². The SMILES string of the molecule is CCCCNS(=O)(=O)c1ccc(NC(=O)/C=C/c2ccccc2)cc1. The molecule has 0 fully saturated rings. The molecule has 1 amide bonds. The van der Waals surface area contributed by atoms with Gasteiger partial charge in [-0.15, -0.1) is 0 Å². The molecule has 0 radical (unpaired) electrons. The average Bonchev–Trinajstić information content (AvgIpc) is 2.61. The summed E-state index contributed by atoms with van der Waals surface area (Å²) < 4.78 is 26.7. The van der Waals surface area contributed by atoms with Crippen LogP contribution in [0, 0.1) is 0 Å². The summed E-state index contributed by atoms with van der Waals surface area (Å²) in [5.41, 5.74) is 1.47. The van der Waals surface area contributed by atoms with Gasteiger partial charge in [-0.3, -0.25) is 4.79 Å². The second kappa shape index (κ2) is 9.15. The first kappa shape index (κ1) is 18.9. The fraction of sp³-hybridized carbons (Fsp3) is 0.211. The summed E-state index contributed by atoms with van der Waals surface area (Å²) in [6, 6.07) is 15.6. The quantitative estimate of drug-likeness (QED) is 0.561. The van der Waals surface area contributed by atoms with Gasteiger partial charge in [0.1, 0.15) is 0 Å². The van der Waals surface area contributed by atoms with Crippen LogP contribution in [0.5, 0.6) is 0 Å². The number of carbonyl (C=O) groups is 1. The highest BCUT2D eigenvalue weighted by Crippen LogP contribution is 2.14. The highest BCUT2D eigenvalue weighted by atomic mass is 32.2. The summed E-state index contributed by atoms with van der Waals surface area (Å²) >= 11 is 0. The standard InChI is InChI=1S/C19H22N2O3S/c1-2-3-15-20-25(23,24)18-12-10-17(11-13-18)21-19(22)14-9-16-7-5-4-6-8-16/h4-14,20H,2-3,15H2,1H3,(H,21,22)/b14-9+. The minimum Gasteiger partial charge on any atom is -0.323 e. The molecule has 0 saturated heterocycles. The summed E-state index contributed by atoms with van der Waals surface area (Å²) in [5, 5.41) is 2.70. The average molecular weight is 358 g/mol. The minimum atomic E-state index is -3.50. The third-order valence-corrected chi connectivity index (χ3v) is 4.96. The first-order valence-electron chi connectivity index (χ1n) is 8.15. The lowest BCUT2D eigenvalue weighted by molar-refractivity contribution is -0.111. The Morgan fingerprint density at radius 3 is 2.36 bits per heavy atom. The van der Waals surface area contributed by atoms with Crippen molar-refractivity contribution in [1.29, 1.82) is 0 Å². The summed E-state index contributed by atoms with van der Waals surface area (Å²) in [4.78, 5) is 12.1. The highest BCUT2D eigenvalue weighted by molar-refractivity contribution is 7.89. The van der Waals surface area contributed by atoms with Crippen molar-refractivity contribution < 1.29 is 13.2 Å². The summed E-state index contributed by atoms with van der Waals surface area (Å²) in [7, 11) is -3.50. The molecule has 2 N–H and O–H groups in total. The number of rotatable bonds is 8. The zero-order valence-electron chi connectivity index (χ0n) is 14.1. The summed E-state index contributed by atoms with van der Waals surface area (Å²) in [6.07, 6.45) is 4.86. The largest absolute Gasteiger partial charge is 0.323 e. The van der Waals surface area contributed by atoms with Gasteiger partial charge < -0.3 is 5.32 Å². The van der Waals surface area contributed by atoms with Gasteiger partial charge in [0.05, 0.1) is 4.90 Å². The van der Waals surface area contributed by atoms with Gasteiger partial charge in [0.2, 0.25) is 15.9 Å². The Bertz CT molecular complexity index is 814. The number of benzene rings is 2. The van der Waals surface area contributed by atoms with Gasteiger partial charge in [-0.05, 0) is 42.3 Å². The van der Waals surface area contributed by atoms with Crippen molar-refractivity contribution >= 4 is 27.7 Å². The molecule has 0 aliphatic rings. The Morgan fingerprint density at radius 1 is 1.04 bits per heavy atom. The zero-order valence-corrected chi connectivity index (χ0v) is 14.9. The molecule has 2 aromatic carbocycles.